The first-order chi connectivity index (χ1) is 7.74. The predicted molar refractivity (Wildman–Crippen MR) is 64.7 cm³/mol. The molecule has 0 unspecified atom stereocenters. The topological polar surface area (TPSA) is 56.0 Å². The number of hydrogen-bond donors (Lipinski definition) is 1. The van der Waals surface area contributed by atoms with Gasteiger partial charge in [0.1, 0.15) is 0 Å². The SMILES string of the molecule is NC(=O)c1cc2cc3ccccc3nc2[se]1. The molecule has 3 rings (SSSR count). The Morgan fingerprint density at radius 1 is 1.19 bits per heavy atom. The monoisotopic (exact) mass is 276 g/mol. The number of pyridine rings is 1. The molecule has 0 fully saturated rings. The van der Waals surface area contributed by atoms with Crippen LogP contribution in [0.25, 0.3) is 20.7 Å². The number of rotatable bonds is 1. The predicted octanol–water partition coefficient (Wildman–Crippen LogP) is 1.54. The summed E-state index contributed by atoms with van der Waals surface area (Å²) in [6.45, 7) is 0. The number of hydrogen-bond acceptors (Lipinski definition) is 2. The second-order valence-electron chi connectivity index (χ2n) is 3.55. The molecule has 0 aliphatic carbocycles. The fraction of sp³-hybridized carbons (Fsp3) is 0. The first kappa shape index (κ1) is 9.58. The molecular weight excluding hydrogens is 267 g/mol. The zero-order valence-corrected chi connectivity index (χ0v) is 10.0. The molecule has 4 heteroatoms. The van der Waals surface area contributed by atoms with Crippen LogP contribution in [0.5, 0.6) is 0 Å². The normalized spacial score (nSPS) is 11.0. The van der Waals surface area contributed by atoms with E-state index in [1.807, 2.05) is 30.3 Å². The van der Waals surface area contributed by atoms with Crippen molar-refractivity contribution in [2.24, 2.45) is 5.73 Å². The molecule has 0 aliphatic heterocycles. The van der Waals surface area contributed by atoms with Crippen molar-refractivity contribution in [3.63, 3.8) is 0 Å². The van der Waals surface area contributed by atoms with Crippen molar-refractivity contribution < 1.29 is 4.79 Å². The van der Waals surface area contributed by atoms with Crippen LogP contribution >= 0.6 is 0 Å². The number of para-hydroxylation sites is 1. The number of amides is 1. The molecule has 2 N–H and O–H groups in total. The Bertz CT molecular complexity index is 650. The third-order valence-electron chi connectivity index (χ3n) is 2.45. The third kappa shape index (κ3) is 1.43. The first-order valence-corrected chi connectivity index (χ1v) is 6.54. The van der Waals surface area contributed by atoms with E-state index in [2.05, 4.69) is 11.1 Å². The number of carbonyl (C=O) groups is 1. The van der Waals surface area contributed by atoms with E-state index in [1.165, 1.54) is 0 Å². The van der Waals surface area contributed by atoms with Gasteiger partial charge < -0.3 is 0 Å². The summed E-state index contributed by atoms with van der Waals surface area (Å²) < 4.78 is 1.70. The molecule has 0 saturated heterocycles. The van der Waals surface area contributed by atoms with Crippen LogP contribution in [-0.4, -0.2) is 25.4 Å². The molecule has 2 aromatic heterocycles. The number of nitrogens with two attached hydrogens (primary N) is 1. The van der Waals surface area contributed by atoms with Gasteiger partial charge >= 0.3 is 97.4 Å². The Morgan fingerprint density at radius 3 is 2.81 bits per heavy atom. The van der Waals surface area contributed by atoms with Crippen molar-refractivity contribution >= 4 is 41.1 Å². The van der Waals surface area contributed by atoms with Crippen molar-refractivity contribution in [3.8, 4) is 0 Å². The molecule has 78 valence electrons. The van der Waals surface area contributed by atoms with Gasteiger partial charge in [-0.25, -0.2) is 0 Å². The summed E-state index contributed by atoms with van der Waals surface area (Å²) in [5.41, 5.74) is 6.26. The Labute approximate surface area is 97.6 Å². The van der Waals surface area contributed by atoms with Gasteiger partial charge in [-0.15, -0.1) is 0 Å². The van der Waals surface area contributed by atoms with Crippen LogP contribution < -0.4 is 5.73 Å². The van der Waals surface area contributed by atoms with Crippen LogP contribution in [0.1, 0.15) is 9.23 Å². The summed E-state index contributed by atoms with van der Waals surface area (Å²) >= 11 is -0.0365. The Balaban J connectivity index is 2.38. The summed E-state index contributed by atoms with van der Waals surface area (Å²) in [5.74, 6) is -0.331. The van der Waals surface area contributed by atoms with Gasteiger partial charge in [-0.05, 0) is 0 Å². The zero-order chi connectivity index (χ0) is 11.1. The summed E-state index contributed by atoms with van der Waals surface area (Å²) in [5, 5.41) is 2.13. The van der Waals surface area contributed by atoms with Gasteiger partial charge in [-0.1, -0.05) is 0 Å². The Hall–Kier alpha value is -1.64. The van der Waals surface area contributed by atoms with Crippen LogP contribution in [0.15, 0.2) is 36.4 Å². The van der Waals surface area contributed by atoms with E-state index in [0.29, 0.717) is 4.44 Å². The number of carbonyl (C=O) groups excluding carboxylic acids is 1. The van der Waals surface area contributed by atoms with E-state index in [9.17, 15) is 4.79 Å². The van der Waals surface area contributed by atoms with Crippen molar-refractivity contribution in [2.75, 3.05) is 0 Å². The first-order valence-electron chi connectivity index (χ1n) is 4.83. The number of aromatic nitrogens is 1. The van der Waals surface area contributed by atoms with Gasteiger partial charge in [-0.2, -0.15) is 0 Å². The third-order valence-corrected chi connectivity index (χ3v) is 4.68. The van der Waals surface area contributed by atoms with Crippen molar-refractivity contribution in [1.29, 1.82) is 0 Å². The summed E-state index contributed by atoms with van der Waals surface area (Å²) in [4.78, 5) is 15.7. The fourth-order valence-corrected chi connectivity index (χ4v) is 3.53. The molecule has 1 amide bonds. The van der Waals surface area contributed by atoms with Crippen LogP contribution in [0.3, 0.4) is 0 Å². The van der Waals surface area contributed by atoms with E-state index in [0.717, 1.165) is 20.7 Å². The molecular formula is C12H8N2OSe. The molecule has 0 radical (unpaired) electrons. The van der Waals surface area contributed by atoms with Crippen LogP contribution in [-0.2, 0) is 0 Å². The Kier molecular flexibility index (Phi) is 2.06. The van der Waals surface area contributed by atoms with Gasteiger partial charge in [0, 0.05) is 0 Å². The summed E-state index contributed by atoms with van der Waals surface area (Å²) in [6, 6.07) is 11.9. The van der Waals surface area contributed by atoms with Crippen LogP contribution in [0, 0.1) is 0 Å². The number of nitrogens with zero attached hydrogens (tertiary/aromatic N) is 1. The Morgan fingerprint density at radius 2 is 2.00 bits per heavy atom. The van der Waals surface area contributed by atoms with E-state index >= 15 is 0 Å². The van der Waals surface area contributed by atoms with Gasteiger partial charge in [0.15, 0.2) is 0 Å². The second kappa shape index (κ2) is 3.44. The van der Waals surface area contributed by atoms with Crippen LogP contribution in [0.2, 0.25) is 0 Å². The standard InChI is InChI=1S/C12H8N2OSe/c13-11(15)10-6-8-5-7-3-1-2-4-9(7)14-12(8)16-10/h1-6H,(H2,13,15). The van der Waals surface area contributed by atoms with E-state index in [4.69, 9.17) is 5.73 Å². The molecule has 0 saturated carbocycles. The average Bonchev–Trinajstić information content (AvgIpc) is 2.68. The molecule has 0 aliphatic rings. The van der Waals surface area contributed by atoms with Crippen molar-refractivity contribution in [2.45, 2.75) is 0 Å². The summed E-state index contributed by atoms with van der Waals surface area (Å²) in [7, 11) is 0. The van der Waals surface area contributed by atoms with Crippen molar-refractivity contribution in [1.82, 2.24) is 4.98 Å². The number of primary amides is 1. The molecule has 16 heavy (non-hydrogen) atoms. The molecule has 2 heterocycles. The quantitative estimate of drug-likeness (QED) is 0.685. The van der Waals surface area contributed by atoms with Gasteiger partial charge in [0.2, 0.25) is 0 Å². The molecule has 3 aromatic rings. The summed E-state index contributed by atoms with van der Waals surface area (Å²) in [6.07, 6.45) is 0. The number of fused-ring (bicyclic) bond motifs is 2. The fourth-order valence-electron chi connectivity index (χ4n) is 1.70. The van der Waals surface area contributed by atoms with E-state index in [-0.39, 0.29) is 20.4 Å². The molecule has 0 spiro atoms. The second-order valence-corrected chi connectivity index (χ2v) is 5.71. The van der Waals surface area contributed by atoms with E-state index < -0.39 is 0 Å². The minimum atomic E-state index is -0.331. The molecule has 0 bridgehead atoms. The minimum absolute atomic E-state index is 0.0365. The van der Waals surface area contributed by atoms with Gasteiger partial charge in [0.05, 0.1) is 0 Å². The maximum atomic E-state index is 11.1. The van der Waals surface area contributed by atoms with Gasteiger partial charge in [0.25, 0.3) is 0 Å². The van der Waals surface area contributed by atoms with Crippen LogP contribution in [0.4, 0.5) is 0 Å². The van der Waals surface area contributed by atoms with Gasteiger partial charge in [-0.3, -0.25) is 0 Å². The number of benzene rings is 1. The molecule has 0 atom stereocenters. The molecule has 3 nitrogen and oxygen atoms in total. The average molecular weight is 275 g/mol. The van der Waals surface area contributed by atoms with Crippen molar-refractivity contribution in [3.05, 3.63) is 40.8 Å². The van der Waals surface area contributed by atoms with E-state index in [1.54, 1.807) is 0 Å². The zero-order valence-electron chi connectivity index (χ0n) is 8.31. The molecule has 1 aromatic carbocycles. The maximum absolute atomic E-state index is 11.1.